The van der Waals surface area contributed by atoms with Gasteiger partial charge < -0.3 is 5.32 Å². The summed E-state index contributed by atoms with van der Waals surface area (Å²) < 4.78 is 0. The molecule has 0 spiro atoms. The summed E-state index contributed by atoms with van der Waals surface area (Å²) in [5.74, 6) is 0. The van der Waals surface area contributed by atoms with E-state index in [9.17, 15) is 0 Å². The molecule has 2 heterocycles. The van der Waals surface area contributed by atoms with E-state index in [1.165, 1.54) is 5.56 Å². The van der Waals surface area contributed by atoms with Crippen LogP contribution in [0.4, 0.5) is 0 Å². The van der Waals surface area contributed by atoms with Crippen molar-refractivity contribution in [3.8, 4) is 0 Å². The van der Waals surface area contributed by atoms with Gasteiger partial charge in [0, 0.05) is 17.8 Å². The monoisotopic (exact) mass is 261 g/mol. The molecular weight excluding hydrogens is 242 g/mol. The maximum atomic E-state index is 4.60. The molecule has 1 N–H and O–H groups in total. The minimum atomic E-state index is 0.291. The molecule has 2 aromatic heterocycles. The minimum absolute atomic E-state index is 0.291. The van der Waals surface area contributed by atoms with Crippen LogP contribution in [0.25, 0.3) is 0 Å². The normalized spacial score (nSPS) is 12.6. The van der Waals surface area contributed by atoms with Gasteiger partial charge in [0.1, 0.15) is 0 Å². The van der Waals surface area contributed by atoms with Crippen LogP contribution >= 0.6 is 11.3 Å². The van der Waals surface area contributed by atoms with E-state index in [0.717, 1.165) is 30.1 Å². The summed E-state index contributed by atoms with van der Waals surface area (Å²) in [5, 5.41) is 6.84. The molecule has 2 rings (SSSR count). The number of pyridine rings is 1. The molecule has 0 radical (unpaired) electrons. The van der Waals surface area contributed by atoms with Gasteiger partial charge in [0.25, 0.3) is 0 Å². The molecule has 4 heteroatoms. The van der Waals surface area contributed by atoms with E-state index in [-0.39, 0.29) is 0 Å². The number of nitrogens with one attached hydrogen (secondary N) is 1. The number of nitrogens with zero attached hydrogens (tertiary/aromatic N) is 2. The second-order valence-electron chi connectivity index (χ2n) is 4.36. The summed E-state index contributed by atoms with van der Waals surface area (Å²) in [5.41, 5.74) is 2.39. The number of hydrogen-bond donors (Lipinski definition) is 1. The molecule has 0 aromatic carbocycles. The van der Waals surface area contributed by atoms with Gasteiger partial charge in [0.05, 0.1) is 16.7 Å². The summed E-state index contributed by atoms with van der Waals surface area (Å²) in [7, 11) is 0. The van der Waals surface area contributed by atoms with Crippen LogP contribution < -0.4 is 5.32 Å². The molecule has 0 bridgehead atoms. The van der Waals surface area contributed by atoms with E-state index in [1.807, 2.05) is 18.5 Å². The number of aryl methyl sites for hydroxylation is 1. The highest BCUT2D eigenvalue weighted by molar-refractivity contribution is 7.09. The van der Waals surface area contributed by atoms with Crippen molar-refractivity contribution >= 4 is 11.3 Å². The topological polar surface area (TPSA) is 37.8 Å². The Labute approximate surface area is 112 Å². The van der Waals surface area contributed by atoms with Crippen LogP contribution in [0.15, 0.2) is 29.9 Å². The molecule has 18 heavy (non-hydrogen) atoms. The average Bonchev–Trinajstić information content (AvgIpc) is 2.82. The highest BCUT2D eigenvalue weighted by Gasteiger charge is 2.14. The molecule has 96 valence electrons. The Kier molecular flexibility index (Phi) is 4.84. The van der Waals surface area contributed by atoms with Crippen molar-refractivity contribution in [2.75, 3.05) is 6.54 Å². The molecule has 0 aliphatic rings. The van der Waals surface area contributed by atoms with Gasteiger partial charge in [-0.3, -0.25) is 4.98 Å². The van der Waals surface area contributed by atoms with Crippen molar-refractivity contribution in [2.24, 2.45) is 0 Å². The Morgan fingerprint density at radius 1 is 1.44 bits per heavy atom. The summed E-state index contributed by atoms with van der Waals surface area (Å²) in [6.07, 6.45) is 5.81. The first-order valence-corrected chi connectivity index (χ1v) is 7.22. The molecule has 3 nitrogen and oxygen atoms in total. The molecule has 2 aromatic rings. The first-order valence-electron chi connectivity index (χ1n) is 6.34. The number of rotatable bonds is 6. The maximum Gasteiger partial charge on any atom is 0.0898 e. The molecular formula is C14H19N3S. The standard InChI is InChI=1S/C14H19N3S/c1-3-6-16-13(14-10-18-11(2)17-14)8-12-5-4-7-15-9-12/h4-5,7,9-10,13,16H,3,6,8H2,1-2H3. The van der Waals surface area contributed by atoms with E-state index < -0.39 is 0 Å². The van der Waals surface area contributed by atoms with E-state index in [2.05, 4.69) is 40.6 Å². The third-order valence-electron chi connectivity index (χ3n) is 2.80. The Balaban J connectivity index is 2.10. The summed E-state index contributed by atoms with van der Waals surface area (Å²) in [6.45, 7) is 5.25. The SMILES string of the molecule is CCCNC(Cc1cccnc1)c1csc(C)n1. The van der Waals surface area contributed by atoms with Gasteiger partial charge in [-0.15, -0.1) is 11.3 Å². The number of thiazole rings is 1. The van der Waals surface area contributed by atoms with Crippen LogP contribution in [-0.2, 0) is 6.42 Å². The Bertz CT molecular complexity index is 467. The van der Waals surface area contributed by atoms with Crippen LogP contribution in [-0.4, -0.2) is 16.5 Å². The van der Waals surface area contributed by atoms with Gasteiger partial charge in [-0.25, -0.2) is 4.98 Å². The third-order valence-corrected chi connectivity index (χ3v) is 3.59. The van der Waals surface area contributed by atoms with Crippen LogP contribution in [0.2, 0.25) is 0 Å². The van der Waals surface area contributed by atoms with Gasteiger partial charge in [-0.2, -0.15) is 0 Å². The predicted molar refractivity (Wildman–Crippen MR) is 75.8 cm³/mol. The lowest BCUT2D eigenvalue weighted by atomic mass is 10.1. The summed E-state index contributed by atoms with van der Waals surface area (Å²) >= 11 is 1.71. The molecule has 1 atom stereocenters. The Morgan fingerprint density at radius 3 is 2.94 bits per heavy atom. The van der Waals surface area contributed by atoms with Gasteiger partial charge >= 0.3 is 0 Å². The van der Waals surface area contributed by atoms with Gasteiger partial charge in [0.15, 0.2) is 0 Å². The second-order valence-corrected chi connectivity index (χ2v) is 5.43. The average molecular weight is 261 g/mol. The van der Waals surface area contributed by atoms with Gasteiger partial charge in [-0.05, 0) is 37.9 Å². The van der Waals surface area contributed by atoms with Crippen molar-refractivity contribution in [3.05, 3.63) is 46.2 Å². The smallest absolute Gasteiger partial charge is 0.0898 e. The summed E-state index contributed by atoms with van der Waals surface area (Å²) in [4.78, 5) is 8.77. The fraction of sp³-hybridized carbons (Fsp3) is 0.429. The summed E-state index contributed by atoms with van der Waals surface area (Å²) in [6, 6.07) is 4.39. The zero-order valence-corrected chi connectivity index (χ0v) is 11.7. The van der Waals surface area contributed by atoms with Crippen molar-refractivity contribution in [3.63, 3.8) is 0 Å². The zero-order chi connectivity index (χ0) is 12.8. The first-order chi connectivity index (χ1) is 8.79. The molecule has 0 aliphatic heterocycles. The van der Waals surface area contributed by atoms with Crippen LogP contribution in [0.5, 0.6) is 0 Å². The van der Waals surface area contributed by atoms with E-state index in [0.29, 0.717) is 6.04 Å². The van der Waals surface area contributed by atoms with E-state index in [4.69, 9.17) is 0 Å². The van der Waals surface area contributed by atoms with Crippen molar-refractivity contribution in [1.29, 1.82) is 0 Å². The van der Waals surface area contributed by atoms with Gasteiger partial charge in [0.2, 0.25) is 0 Å². The highest BCUT2D eigenvalue weighted by Crippen LogP contribution is 2.20. The van der Waals surface area contributed by atoms with Gasteiger partial charge in [-0.1, -0.05) is 13.0 Å². The molecule has 0 amide bonds. The Hall–Kier alpha value is -1.26. The van der Waals surface area contributed by atoms with Crippen molar-refractivity contribution < 1.29 is 0 Å². The fourth-order valence-electron chi connectivity index (χ4n) is 1.89. The third kappa shape index (κ3) is 3.62. The lowest BCUT2D eigenvalue weighted by Crippen LogP contribution is -2.24. The van der Waals surface area contributed by atoms with Crippen molar-refractivity contribution in [1.82, 2.24) is 15.3 Å². The predicted octanol–water partition coefficient (Wildman–Crippen LogP) is 3.13. The first kappa shape index (κ1) is 13.2. The quantitative estimate of drug-likeness (QED) is 0.868. The molecule has 0 fully saturated rings. The van der Waals surface area contributed by atoms with Crippen molar-refractivity contribution in [2.45, 2.75) is 32.7 Å². The van der Waals surface area contributed by atoms with Crippen LogP contribution in [0.1, 0.15) is 35.7 Å². The van der Waals surface area contributed by atoms with E-state index in [1.54, 1.807) is 11.3 Å². The lowest BCUT2D eigenvalue weighted by molar-refractivity contribution is 0.519. The lowest BCUT2D eigenvalue weighted by Gasteiger charge is -2.16. The number of hydrogen-bond acceptors (Lipinski definition) is 4. The van der Waals surface area contributed by atoms with Crippen LogP contribution in [0.3, 0.4) is 0 Å². The maximum absolute atomic E-state index is 4.60. The minimum Gasteiger partial charge on any atom is -0.308 e. The van der Waals surface area contributed by atoms with Crippen LogP contribution in [0, 0.1) is 6.92 Å². The zero-order valence-electron chi connectivity index (χ0n) is 10.9. The molecule has 1 unspecified atom stereocenters. The highest BCUT2D eigenvalue weighted by atomic mass is 32.1. The Morgan fingerprint density at radius 2 is 2.33 bits per heavy atom. The fourth-order valence-corrected chi connectivity index (χ4v) is 2.56. The second kappa shape index (κ2) is 6.61. The molecule has 0 saturated heterocycles. The molecule has 0 aliphatic carbocycles. The largest absolute Gasteiger partial charge is 0.308 e. The number of aromatic nitrogens is 2. The molecule has 0 saturated carbocycles. The van der Waals surface area contributed by atoms with E-state index >= 15 is 0 Å².